The van der Waals surface area contributed by atoms with Crippen LogP contribution in [-0.2, 0) is 23.7 Å². The molecule has 5 atom stereocenters. The molecule has 4 aromatic carbocycles. The molecule has 1 saturated heterocycles. The Hall–Kier alpha value is -4.99. The summed E-state index contributed by atoms with van der Waals surface area (Å²) >= 11 is 6.61. The number of halogens is 1. The van der Waals surface area contributed by atoms with Gasteiger partial charge in [0.15, 0.2) is 23.9 Å². The van der Waals surface area contributed by atoms with Crippen LogP contribution in [0.1, 0.15) is 41.4 Å². The van der Waals surface area contributed by atoms with E-state index in [9.17, 15) is 19.2 Å². The van der Waals surface area contributed by atoms with Crippen LogP contribution in [0.3, 0.4) is 0 Å². The molecule has 0 spiro atoms. The van der Waals surface area contributed by atoms with Gasteiger partial charge in [-0.05, 0) is 48.5 Å². The van der Waals surface area contributed by atoms with Crippen LogP contribution in [0, 0.1) is 0 Å². The Labute approximate surface area is 258 Å². The van der Waals surface area contributed by atoms with E-state index in [1.54, 1.807) is 109 Å². The van der Waals surface area contributed by atoms with E-state index in [4.69, 9.17) is 35.3 Å². The highest BCUT2D eigenvalue weighted by Gasteiger charge is 2.52. The van der Waals surface area contributed by atoms with Gasteiger partial charge in [-0.2, -0.15) is 0 Å². The molecule has 0 amide bonds. The van der Waals surface area contributed by atoms with E-state index >= 15 is 0 Å². The second-order valence-corrected chi connectivity index (χ2v) is 10.1. The first-order valence-electron chi connectivity index (χ1n) is 13.7. The summed E-state index contributed by atoms with van der Waals surface area (Å²) in [6, 6.07) is 32.6. The minimum atomic E-state index is -1.46. The smallest absolute Gasteiger partial charge is 0.338 e. The maximum atomic E-state index is 13.3. The summed E-state index contributed by atoms with van der Waals surface area (Å²) in [7, 11) is 0. The van der Waals surface area contributed by atoms with Crippen molar-refractivity contribution in [2.24, 2.45) is 0 Å². The van der Waals surface area contributed by atoms with Gasteiger partial charge in [0.25, 0.3) is 0 Å². The lowest BCUT2D eigenvalue weighted by atomic mass is 9.98. The Morgan fingerprint density at radius 1 is 0.500 bits per heavy atom. The largest absolute Gasteiger partial charge is 0.459 e. The number of hydrogen-bond donors (Lipinski definition) is 0. The van der Waals surface area contributed by atoms with Crippen molar-refractivity contribution in [1.82, 2.24) is 0 Å². The first kappa shape index (κ1) is 30.5. The van der Waals surface area contributed by atoms with Crippen molar-refractivity contribution in [2.45, 2.75) is 30.0 Å². The van der Waals surface area contributed by atoms with E-state index in [0.717, 1.165) is 0 Å². The predicted octanol–water partition coefficient (Wildman–Crippen LogP) is 5.48. The maximum absolute atomic E-state index is 13.3. The van der Waals surface area contributed by atoms with Gasteiger partial charge < -0.3 is 23.7 Å². The second-order valence-electron chi connectivity index (χ2n) is 9.70. The van der Waals surface area contributed by atoms with Crippen molar-refractivity contribution in [2.75, 3.05) is 6.61 Å². The monoisotopic (exact) mass is 614 g/mol. The van der Waals surface area contributed by atoms with Crippen molar-refractivity contribution in [1.29, 1.82) is 0 Å². The molecular formula is C34H27ClO9. The van der Waals surface area contributed by atoms with Gasteiger partial charge in [0, 0.05) is 0 Å². The number of alkyl halides is 1. The van der Waals surface area contributed by atoms with E-state index in [0.29, 0.717) is 0 Å². The van der Waals surface area contributed by atoms with Crippen molar-refractivity contribution in [3.05, 3.63) is 144 Å². The van der Waals surface area contributed by atoms with E-state index in [1.807, 2.05) is 0 Å². The number of rotatable bonds is 9. The molecule has 0 N–H and O–H groups in total. The molecule has 1 fully saturated rings. The van der Waals surface area contributed by atoms with Gasteiger partial charge in [0.05, 0.1) is 22.3 Å². The minimum Gasteiger partial charge on any atom is -0.459 e. The molecule has 0 aliphatic carbocycles. The molecule has 1 heterocycles. The summed E-state index contributed by atoms with van der Waals surface area (Å²) in [6.07, 6.45) is -5.51. The van der Waals surface area contributed by atoms with Crippen molar-refractivity contribution < 1.29 is 42.9 Å². The van der Waals surface area contributed by atoms with Gasteiger partial charge >= 0.3 is 23.9 Å². The van der Waals surface area contributed by atoms with Gasteiger partial charge in [0.1, 0.15) is 12.7 Å². The lowest BCUT2D eigenvalue weighted by molar-refractivity contribution is -0.209. The number of hydrogen-bond acceptors (Lipinski definition) is 9. The molecule has 3 unspecified atom stereocenters. The fraction of sp³-hybridized carbons (Fsp3) is 0.176. The first-order valence-corrected chi connectivity index (χ1v) is 14.1. The highest BCUT2D eigenvalue weighted by atomic mass is 35.5. The number of benzene rings is 4. The molecular weight excluding hydrogens is 588 g/mol. The standard InChI is InChI=1S/C34H27ClO9/c35-30-29(44-34(39)25-19-11-4-12-20-25)28(43-33(38)24-17-9-3-10-18-24)27(42-32(37)23-15-7-2-8-16-23)26(41-30)21-40-31(36)22-13-5-1-6-14-22/h1-20,26-30H,21H2/t26?,27-,28?,29?,30+/m0/s1. The molecule has 0 radical (unpaired) electrons. The first-order chi connectivity index (χ1) is 21.4. The molecule has 0 bridgehead atoms. The molecule has 1 aliphatic heterocycles. The summed E-state index contributed by atoms with van der Waals surface area (Å²) < 4.78 is 28.9. The van der Waals surface area contributed by atoms with Crippen LogP contribution in [0.2, 0.25) is 0 Å². The molecule has 44 heavy (non-hydrogen) atoms. The number of esters is 4. The molecule has 5 rings (SSSR count). The molecule has 224 valence electrons. The minimum absolute atomic E-state index is 0.193. The molecule has 4 aromatic rings. The average Bonchev–Trinajstić information content (AvgIpc) is 3.07. The zero-order valence-electron chi connectivity index (χ0n) is 23.2. The summed E-state index contributed by atoms with van der Waals surface area (Å²) in [5.41, 5.74) is -0.500. The van der Waals surface area contributed by atoms with Gasteiger partial charge in [-0.25, -0.2) is 19.2 Å². The molecule has 10 heteroatoms. The summed E-state index contributed by atoms with van der Waals surface area (Å²) in [5.74, 6) is -3.00. The van der Waals surface area contributed by atoms with E-state index < -0.39 is 60.5 Å². The van der Waals surface area contributed by atoms with Gasteiger partial charge in [-0.15, -0.1) is 0 Å². The Balaban J connectivity index is 1.48. The zero-order chi connectivity index (χ0) is 30.9. The van der Waals surface area contributed by atoms with Crippen LogP contribution >= 0.6 is 11.6 Å². The Morgan fingerprint density at radius 2 is 0.841 bits per heavy atom. The van der Waals surface area contributed by atoms with Crippen molar-refractivity contribution in [3.63, 3.8) is 0 Å². The average molecular weight is 615 g/mol. The lowest BCUT2D eigenvalue weighted by Crippen LogP contribution is -2.61. The van der Waals surface area contributed by atoms with Crippen LogP contribution in [0.15, 0.2) is 121 Å². The Kier molecular flexibility index (Phi) is 10.0. The van der Waals surface area contributed by atoms with Crippen molar-refractivity contribution >= 4 is 35.5 Å². The number of carbonyl (C=O) groups excluding carboxylic acids is 4. The number of ether oxygens (including phenoxy) is 5. The fourth-order valence-corrected chi connectivity index (χ4v) is 4.84. The Morgan fingerprint density at radius 3 is 1.25 bits per heavy atom. The highest BCUT2D eigenvalue weighted by molar-refractivity contribution is 6.20. The lowest BCUT2D eigenvalue weighted by Gasteiger charge is -2.42. The Bertz CT molecular complexity index is 1570. The summed E-state index contributed by atoms with van der Waals surface area (Å²) in [5, 5.41) is 0. The van der Waals surface area contributed by atoms with Gasteiger partial charge in [0.2, 0.25) is 0 Å². The van der Waals surface area contributed by atoms with E-state index in [1.165, 1.54) is 12.1 Å². The van der Waals surface area contributed by atoms with Crippen LogP contribution in [0.25, 0.3) is 0 Å². The summed E-state index contributed by atoms with van der Waals surface area (Å²) in [4.78, 5) is 52.5. The third-order valence-corrected chi connectivity index (χ3v) is 7.07. The predicted molar refractivity (Wildman–Crippen MR) is 158 cm³/mol. The zero-order valence-corrected chi connectivity index (χ0v) is 23.9. The molecule has 0 aromatic heterocycles. The van der Waals surface area contributed by atoms with Crippen LogP contribution in [0.5, 0.6) is 0 Å². The third kappa shape index (κ3) is 7.50. The van der Waals surface area contributed by atoms with Crippen LogP contribution < -0.4 is 0 Å². The second kappa shape index (κ2) is 14.5. The quantitative estimate of drug-likeness (QED) is 0.137. The molecule has 0 saturated carbocycles. The van der Waals surface area contributed by atoms with E-state index in [2.05, 4.69) is 0 Å². The maximum Gasteiger partial charge on any atom is 0.338 e. The topological polar surface area (TPSA) is 114 Å². The van der Waals surface area contributed by atoms with Crippen molar-refractivity contribution in [3.8, 4) is 0 Å². The summed E-state index contributed by atoms with van der Waals surface area (Å²) in [6.45, 7) is -0.428. The molecule has 1 aliphatic rings. The normalized spacial score (nSPS) is 21.0. The van der Waals surface area contributed by atoms with Crippen LogP contribution in [-0.4, -0.2) is 60.5 Å². The number of carbonyl (C=O) groups is 4. The SMILES string of the molecule is O=C(OCC1O[C@@H](Cl)C(OC(=O)c2ccccc2)C(OC(=O)c2ccccc2)[C@H]1OC(=O)c1ccccc1)c1ccccc1. The highest BCUT2D eigenvalue weighted by Crippen LogP contribution is 2.32. The van der Waals surface area contributed by atoms with Gasteiger partial charge in [-0.1, -0.05) is 84.4 Å². The van der Waals surface area contributed by atoms with Crippen LogP contribution in [0.4, 0.5) is 0 Å². The molecule has 9 nitrogen and oxygen atoms in total. The van der Waals surface area contributed by atoms with Gasteiger partial charge in [-0.3, -0.25) is 0 Å². The fourth-order valence-electron chi connectivity index (χ4n) is 4.51. The van der Waals surface area contributed by atoms with E-state index in [-0.39, 0.29) is 22.3 Å². The third-order valence-electron chi connectivity index (χ3n) is 6.72.